The van der Waals surface area contributed by atoms with Crippen molar-refractivity contribution in [2.24, 2.45) is 0 Å². The lowest BCUT2D eigenvalue weighted by Crippen LogP contribution is -1.98. The minimum Gasteiger partial charge on any atom is -0.360 e. The second-order valence-electron chi connectivity index (χ2n) is 3.31. The summed E-state index contributed by atoms with van der Waals surface area (Å²) in [5.41, 5.74) is 1.02. The molecule has 1 N–H and O–H groups in total. The fourth-order valence-corrected chi connectivity index (χ4v) is 2.50. The molecule has 0 atom stereocenters. The maximum atomic E-state index is 11.5. The van der Waals surface area contributed by atoms with Crippen LogP contribution in [0.15, 0.2) is 29.3 Å². The monoisotopic (exact) mass is 223 g/mol. The van der Waals surface area contributed by atoms with Crippen LogP contribution in [-0.2, 0) is 9.84 Å². The van der Waals surface area contributed by atoms with E-state index in [0.29, 0.717) is 22.8 Å². The van der Waals surface area contributed by atoms with Gasteiger partial charge in [0.25, 0.3) is 0 Å². The van der Waals surface area contributed by atoms with Crippen LogP contribution in [0.4, 0.5) is 0 Å². The molecule has 1 aromatic heterocycles. The molecular formula is C10H9NO3S. The van der Waals surface area contributed by atoms with E-state index in [4.69, 9.17) is 0 Å². The Kier molecular flexibility index (Phi) is 2.12. The molecule has 15 heavy (non-hydrogen) atoms. The Bertz CT molecular complexity index is 625. The lowest BCUT2D eigenvalue weighted by molar-refractivity contribution is 0.112. The van der Waals surface area contributed by atoms with Crippen molar-refractivity contribution in [1.82, 2.24) is 4.98 Å². The molecule has 0 unspecified atom stereocenters. The highest BCUT2D eigenvalue weighted by atomic mass is 32.2. The van der Waals surface area contributed by atoms with Gasteiger partial charge >= 0.3 is 0 Å². The van der Waals surface area contributed by atoms with Crippen molar-refractivity contribution in [3.05, 3.63) is 30.0 Å². The molecule has 0 aliphatic rings. The van der Waals surface area contributed by atoms with Crippen LogP contribution in [0.25, 0.3) is 10.9 Å². The molecule has 1 aromatic carbocycles. The first kappa shape index (κ1) is 9.92. The number of aromatic nitrogens is 1. The maximum Gasteiger partial charge on any atom is 0.176 e. The molecule has 0 spiro atoms. The Labute approximate surface area is 86.8 Å². The zero-order valence-corrected chi connectivity index (χ0v) is 8.84. The molecule has 0 saturated heterocycles. The third-order valence-corrected chi connectivity index (χ3v) is 3.36. The number of carbonyl (C=O) groups is 1. The van der Waals surface area contributed by atoms with Crippen LogP contribution in [0.3, 0.4) is 0 Å². The molecule has 0 aliphatic heterocycles. The minimum atomic E-state index is -3.31. The smallest absolute Gasteiger partial charge is 0.176 e. The molecule has 2 rings (SSSR count). The molecule has 0 radical (unpaired) electrons. The van der Waals surface area contributed by atoms with Crippen molar-refractivity contribution in [2.45, 2.75) is 4.90 Å². The molecule has 2 aromatic rings. The van der Waals surface area contributed by atoms with Gasteiger partial charge in [-0.2, -0.15) is 0 Å². The van der Waals surface area contributed by atoms with Gasteiger partial charge in [-0.05, 0) is 12.1 Å². The Balaban J connectivity index is 2.97. The summed E-state index contributed by atoms with van der Waals surface area (Å²) in [4.78, 5) is 13.8. The fraction of sp³-hybridized carbons (Fsp3) is 0.100. The van der Waals surface area contributed by atoms with Crippen LogP contribution in [0.5, 0.6) is 0 Å². The molecular weight excluding hydrogens is 214 g/mol. The predicted octanol–water partition coefficient (Wildman–Crippen LogP) is 1.38. The quantitative estimate of drug-likeness (QED) is 0.782. The minimum absolute atomic E-state index is 0.184. The predicted molar refractivity (Wildman–Crippen MR) is 56.8 cm³/mol. The summed E-state index contributed by atoms with van der Waals surface area (Å²) in [5.74, 6) is 0. The zero-order chi connectivity index (χ0) is 11.1. The number of aromatic amines is 1. The van der Waals surface area contributed by atoms with Crippen molar-refractivity contribution in [3.63, 3.8) is 0 Å². The molecule has 0 saturated carbocycles. The third kappa shape index (κ3) is 1.55. The van der Waals surface area contributed by atoms with Crippen molar-refractivity contribution in [3.8, 4) is 0 Å². The zero-order valence-electron chi connectivity index (χ0n) is 8.02. The number of nitrogens with one attached hydrogen (secondary N) is 1. The molecule has 1 heterocycles. The standard InChI is InChI=1S/C10H9NO3S/c1-15(13,14)9-4-2-3-8-10(9)7(6-12)5-11-8/h2-6,11H,1H3. The lowest BCUT2D eigenvalue weighted by Gasteiger charge is -2.00. The van der Waals surface area contributed by atoms with E-state index in [1.807, 2.05) is 0 Å². The number of H-pyrrole nitrogens is 1. The first-order valence-electron chi connectivity index (χ1n) is 4.29. The number of carbonyl (C=O) groups excluding carboxylic acids is 1. The van der Waals surface area contributed by atoms with Crippen LogP contribution in [0.1, 0.15) is 10.4 Å². The van der Waals surface area contributed by atoms with Gasteiger partial charge in [-0.1, -0.05) is 6.07 Å². The highest BCUT2D eigenvalue weighted by Gasteiger charge is 2.15. The number of rotatable bonds is 2. The van der Waals surface area contributed by atoms with Gasteiger partial charge in [-0.3, -0.25) is 4.79 Å². The Hall–Kier alpha value is -1.62. The van der Waals surface area contributed by atoms with E-state index in [-0.39, 0.29) is 4.90 Å². The van der Waals surface area contributed by atoms with Crippen LogP contribution >= 0.6 is 0 Å². The van der Waals surface area contributed by atoms with E-state index in [1.165, 1.54) is 12.3 Å². The number of hydrogen-bond donors (Lipinski definition) is 1. The van der Waals surface area contributed by atoms with Crippen LogP contribution in [0, 0.1) is 0 Å². The van der Waals surface area contributed by atoms with E-state index in [0.717, 1.165) is 6.26 Å². The first-order chi connectivity index (χ1) is 7.04. The summed E-state index contributed by atoms with van der Waals surface area (Å²) in [7, 11) is -3.31. The molecule has 78 valence electrons. The number of sulfone groups is 1. The van der Waals surface area contributed by atoms with Gasteiger partial charge in [-0.25, -0.2) is 8.42 Å². The third-order valence-electron chi connectivity index (χ3n) is 2.22. The summed E-state index contributed by atoms with van der Waals surface area (Å²) in [6, 6.07) is 4.87. The normalized spacial score (nSPS) is 11.8. The summed E-state index contributed by atoms with van der Waals surface area (Å²) in [6.07, 6.45) is 3.28. The SMILES string of the molecule is CS(=O)(=O)c1cccc2[nH]cc(C=O)c12. The van der Waals surface area contributed by atoms with Crippen molar-refractivity contribution < 1.29 is 13.2 Å². The highest BCUT2D eigenvalue weighted by Crippen LogP contribution is 2.24. The number of hydrogen-bond acceptors (Lipinski definition) is 3. The Morgan fingerprint density at radius 2 is 2.07 bits per heavy atom. The second-order valence-corrected chi connectivity index (χ2v) is 5.30. The first-order valence-corrected chi connectivity index (χ1v) is 6.18. The van der Waals surface area contributed by atoms with Gasteiger partial charge in [0.05, 0.1) is 4.90 Å². The van der Waals surface area contributed by atoms with Crippen molar-refractivity contribution >= 4 is 27.0 Å². The molecule has 4 nitrogen and oxygen atoms in total. The lowest BCUT2D eigenvalue weighted by atomic mass is 10.2. The molecule has 5 heteroatoms. The average molecular weight is 223 g/mol. The summed E-state index contributed by atoms with van der Waals surface area (Å²) < 4.78 is 23.0. The van der Waals surface area contributed by atoms with E-state index < -0.39 is 9.84 Å². The second kappa shape index (κ2) is 3.20. The van der Waals surface area contributed by atoms with Gasteiger partial charge in [0, 0.05) is 28.9 Å². The van der Waals surface area contributed by atoms with Crippen LogP contribution in [-0.4, -0.2) is 25.9 Å². The molecule has 0 aliphatic carbocycles. The fourth-order valence-electron chi connectivity index (χ4n) is 1.58. The van der Waals surface area contributed by atoms with E-state index in [9.17, 15) is 13.2 Å². The maximum absolute atomic E-state index is 11.5. The van der Waals surface area contributed by atoms with Crippen LogP contribution in [0.2, 0.25) is 0 Å². The van der Waals surface area contributed by atoms with E-state index >= 15 is 0 Å². The van der Waals surface area contributed by atoms with Gasteiger partial charge in [0.2, 0.25) is 0 Å². The van der Waals surface area contributed by atoms with Gasteiger partial charge in [0.15, 0.2) is 16.1 Å². The van der Waals surface area contributed by atoms with Crippen molar-refractivity contribution in [1.29, 1.82) is 0 Å². The van der Waals surface area contributed by atoms with Crippen molar-refractivity contribution in [2.75, 3.05) is 6.26 Å². The van der Waals surface area contributed by atoms with Crippen LogP contribution < -0.4 is 0 Å². The number of fused-ring (bicyclic) bond motifs is 1. The topological polar surface area (TPSA) is 67.0 Å². The molecule has 0 amide bonds. The number of aldehydes is 1. The van der Waals surface area contributed by atoms with Gasteiger partial charge in [0.1, 0.15) is 0 Å². The van der Waals surface area contributed by atoms with E-state index in [1.54, 1.807) is 12.1 Å². The summed E-state index contributed by atoms with van der Waals surface area (Å²) >= 11 is 0. The average Bonchev–Trinajstić information content (AvgIpc) is 2.58. The van der Waals surface area contributed by atoms with Gasteiger partial charge in [-0.15, -0.1) is 0 Å². The molecule has 0 bridgehead atoms. The largest absolute Gasteiger partial charge is 0.360 e. The Morgan fingerprint density at radius 1 is 1.33 bits per heavy atom. The molecule has 0 fully saturated rings. The summed E-state index contributed by atoms with van der Waals surface area (Å²) in [6.45, 7) is 0. The highest BCUT2D eigenvalue weighted by molar-refractivity contribution is 7.91. The summed E-state index contributed by atoms with van der Waals surface area (Å²) in [5, 5.41) is 0.468. The van der Waals surface area contributed by atoms with E-state index in [2.05, 4.69) is 4.98 Å². The van der Waals surface area contributed by atoms with Gasteiger partial charge < -0.3 is 4.98 Å². The number of benzene rings is 1. The Morgan fingerprint density at radius 3 is 2.67 bits per heavy atom.